The molecule has 0 spiro atoms. The van der Waals surface area contributed by atoms with Gasteiger partial charge < -0.3 is 4.90 Å². The fourth-order valence-electron chi connectivity index (χ4n) is 3.62. The third kappa shape index (κ3) is 4.93. The molecule has 0 bridgehead atoms. The van der Waals surface area contributed by atoms with Crippen molar-refractivity contribution in [2.24, 2.45) is 0 Å². The van der Waals surface area contributed by atoms with Gasteiger partial charge in [-0.1, -0.05) is 85.3 Å². The second kappa shape index (κ2) is 9.39. The van der Waals surface area contributed by atoms with Gasteiger partial charge in [0.1, 0.15) is 0 Å². The van der Waals surface area contributed by atoms with Gasteiger partial charge in [-0.2, -0.15) is 0 Å². The van der Waals surface area contributed by atoms with Crippen molar-refractivity contribution in [2.75, 3.05) is 19.6 Å². The second-order valence-corrected chi connectivity index (χ2v) is 6.72. The number of nitrogens with zero attached hydrogens (tertiary/aromatic N) is 1. The van der Waals surface area contributed by atoms with E-state index in [1.165, 1.54) is 55.6 Å². The molecule has 1 heterocycles. The minimum atomic E-state index is 1.14. The number of piperidine rings is 1. The summed E-state index contributed by atoms with van der Waals surface area (Å²) >= 11 is 0. The van der Waals surface area contributed by atoms with Gasteiger partial charge in [-0.3, -0.25) is 0 Å². The standard InChI is InChI=1S/C24H29N/c1-2-3-4-11-18-25-19-16-23(17-20-25)24(21-12-7-5-8-13-21)22-14-9-6-10-15-22/h3-10,12-15H,2,11,16-20H2,1H3/b4-3-. The maximum absolute atomic E-state index is 2.61. The predicted octanol–water partition coefficient (Wildman–Crippen LogP) is 5.94. The molecule has 2 aromatic carbocycles. The van der Waals surface area contributed by atoms with Gasteiger partial charge in [0.25, 0.3) is 0 Å². The van der Waals surface area contributed by atoms with Crippen molar-refractivity contribution in [3.05, 3.63) is 89.5 Å². The van der Waals surface area contributed by atoms with Crippen molar-refractivity contribution < 1.29 is 0 Å². The van der Waals surface area contributed by atoms with Crippen LogP contribution in [0.15, 0.2) is 78.4 Å². The van der Waals surface area contributed by atoms with E-state index in [2.05, 4.69) is 84.6 Å². The zero-order valence-corrected chi connectivity index (χ0v) is 15.3. The van der Waals surface area contributed by atoms with E-state index in [0.29, 0.717) is 0 Å². The summed E-state index contributed by atoms with van der Waals surface area (Å²) in [6.45, 7) is 5.75. The van der Waals surface area contributed by atoms with Crippen molar-refractivity contribution in [1.29, 1.82) is 0 Å². The Bertz CT molecular complexity index is 646. The molecule has 1 nitrogen and oxygen atoms in total. The number of hydrogen-bond donors (Lipinski definition) is 0. The Balaban J connectivity index is 1.77. The van der Waals surface area contributed by atoms with Crippen LogP contribution in [0.1, 0.15) is 43.7 Å². The highest BCUT2D eigenvalue weighted by atomic mass is 15.1. The number of likely N-dealkylation sites (tertiary alicyclic amines) is 1. The molecule has 3 rings (SSSR count). The van der Waals surface area contributed by atoms with E-state index in [4.69, 9.17) is 0 Å². The Morgan fingerprint density at radius 2 is 1.40 bits per heavy atom. The summed E-state index contributed by atoms with van der Waals surface area (Å²) in [5, 5.41) is 0. The smallest absolute Gasteiger partial charge is 0.00192 e. The van der Waals surface area contributed by atoms with E-state index >= 15 is 0 Å². The molecule has 0 amide bonds. The fourth-order valence-corrected chi connectivity index (χ4v) is 3.62. The van der Waals surface area contributed by atoms with Gasteiger partial charge in [-0.25, -0.2) is 0 Å². The second-order valence-electron chi connectivity index (χ2n) is 6.72. The van der Waals surface area contributed by atoms with Crippen LogP contribution < -0.4 is 0 Å². The zero-order chi connectivity index (χ0) is 17.3. The number of hydrogen-bond acceptors (Lipinski definition) is 1. The summed E-state index contributed by atoms with van der Waals surface area (Å²) in [6.07, 6.45) is 9.28. The summed E-state index contributed by atoms with van der Waals surface area (Å²) in [5.41, 5.74) is 5.76. The molecule has 1 heteroatoms. The van der Waals surface area contributed by atoms with Gasteiger partial charge in [-0.15, -0.1) is 0 Å². The molecule has 1 aliphatic heterocycles. The molecule has 2 aromatic rings. The van der Waals surface area contributed by atoms with Crippen molar-refractivity contribution in [2.45, 2.75) is 32.6 Å². The van der Waals surface area contributed by atoms with Crippen LogP contribution in [-0.2, 0) is 0 Å². The quantitative estimate of drug-likeness (QED) is 0.592. The highest BCUT2D eigenvalue weighted by Gasteiger charge is 2.18. The van der Waals surface area contributed by atoms with E-state index in [0.717, 1.165) is 6.42 Å². The van der Waals surface area contributed by atoms with Crippen molar-refractivity contribution in [3.8, 4) is 0 Å². The zero-order valence-electron chi connectivity index (χ0n) is 15.3. The predicted molar refractivity (Wildman–Crippen MR) is 109 cm³/mol. The van der Waals surface area contributed by atoms with Crippen LogP contribution in [0.2, 0.25) is 0 Å². The monoisotopic (exact) mass is 331 g/mol. The lowest BCUT2D eigenvalue weighted by atomic mass is 9.88. The van der Waals surface area contributed by atoms with Crippen LogP contribution in [0, 0.1) is 0 Å². The molecular weight excluding hydrogens is 302 g/mol. The molecule has 0 unspecified atom stereocenters. The third-order valence-electron chi connectivity index (χ3n) is 4.95. The highest BCUT2D eigenvalue weighted by Crippen LogP contribution is 2.32. The van der Waals surface area contributed by atoms with Gasteiger partial charge in [0, 0.05) is 19.6 Å². The molecule has 0 atom stereocenters. The minimum Gasteiger partial charge on any atom is -0.302 e. The van der Waals surface area contributed by atoms with E-state index in [-0.39, 0.29) is 0 Å². The van der Waals surface area contributed by atoms with Crippen molar-refractivity contribution in [3.63, 3.8) is 0 Å². The molecular formula is C24H29N. The topological polar surface area (TPSA) is 3.24 Å². The first-order valence-corrected chi connectivity index (χ1v) is 9.58. The average Bonchev–Trinajstić information content (AvgIpc) is 2.68. The maximum Gasteiger partial charge on any atom is 0.00192 e. The van der Waals surface area contributed by atoms with Gasteiger partial charge in [-0.05, 0) is 42.4 Å². The Kier molecular flexibility index (Phi) is 6.64. The lowest BCUT2D eigenvalue weighted by Crippen LogP contribution is -2.31. The van der Waals surface area contributed by atoms with Gasteiger partial charge >= 0.3 is 0 Å². The molecule has 0 radical (unpaired) electrons. The molecule has 1 aliphatic rings. The third-order valence-corrected chi connectivity index (χ3v) is 4.95. The van der Waals surface area contributed by atoms with Crippen LogP contribution >= 0.6 is 0 Å². The molecule has 130 valence electrons. The lowest BCUT2D eigenvalue weighted by Gasteiger charge is -2.30. The minimum absolute atomic E-state index is 1.14. The normalized spacial score (nSPS) is 15.6. The lowest BCUT2D eigenvalue weighted by molar-refractivity contribution is 0.261. The summed E-state index contributed by atoms with van der Waals surface area (Å²) < 4.78 is 0. The number of rotatable bonds is 6. The average molecular weight is 332 g/mol. The summed E-state index contributed by atoms with van der Waals surface area (Å²) in [7, 11) is 0. The van der Waals surface area contributed by atoms with Crippen LogP contribution in [0.25, 0.3) is 5.57 Å². The maximum atomic E-state index is 2.61. The first-order valence-electron chi connectivity index (χ1n) is 9.58. The van der Waals surface area contributed by atoms with E-state index < -0.39 is 0 Å². The van der Waals surface area contributed by atoms with Gasteiger partial charge in [0.05, 0.1) is 0 Å². The van der Waals surface area contributed by atoms with Gasteiger partial charge in [0.15, 0.2) is 0 Å². The first kappa shape index (κ1) is 17.7. The van der Waals surface area contributed by atoms with Crippen molar-refractivity contribution >= 4 is 5.57 Å². The first-order chi connectivity index (χ1) is 12.4. The molecule has 0 aliphatic carbocycles. The molecule has 25 heavy (non-hydrogen) atoms. The SMILES string of the molecule is CC/C=C\CCN1CCC(=C(c2ccccc2)c2ccccc2)CC1. The van der Waals surface area contributed by atoms with Crippen LogP contribution in [0.4, 0.5) is 0 Å². The Morgan fingerprint density at radius 1 is 0.840 bits per heavy atom. The largest absolute Gasteiger partial charge is 0.302 e. The fraction of sp³-hybridized carbons (Fsp3) is 0.333. The molecule has 0 N–H and O–H groups in total. The van der Waals surface area contributed by atoms with Crippen LogP contribution in [0.5, 0.6) is 0 Å². The van der Waals surface area contributed by atoms with Gasteiger partial charge in [0.2, 0.25) is 0 Å². The number of benzene rings is 2. The van der Waals surface area contributed by atoms with E-state index in [1.807, 2.05) is 0 Å². The summed E-state index contributed by atoms with van der Waals surface area (Å²) in [5.74, 6) is 0. The Morgan fingerprint density at radius 3 is 1.92 bits per heavy atom. The molecule has 0 aromatic heterocycles. The van der Waals surface area contributed by atoms with Crippen LogP contribution in [-0.4, -0.2) is 24.5 Å². The van der Waals surface area contributed by atoms with E-state index in [1.54, 1.807) is 5.57 Å². The Hall–Kier alpha value is -2.12. The van der Waals surface area contributed by atoms with E-state index in [9.17, 15) is 0 Å². The molecule has 1 fully saturated rings. The highest BCUT2D eigenvalue weighted by molar-refractivity contribution is 5.82. The summed E-state index contributed by atoms with van der Waals surface area (Å²) in [6, 6.07) is 21.8. The molecule has 1 saturated heterocycles. The molecule has 0 saturated carbocycles. The van der Waals surface area contributed by atoms with Crippen molar-refractivity contribution in [1.82, 2.24) is 4.90 Å². The summed E-state index contributed by atoms with van der Waals surface area (Å²) in [4.78, 5) is 2.61. The Labute approximate surface area is 152 Å². The van der Waals surface area contributed by atoms with Crippen LogP contribution in [0.3, 0.4) is 0 Å². The number of allylic oxidation sites excluding steroid dienone is 1.